The molecule has 1 aliphatic rings. The molecule has 152 valence electrons. The lowest BCUT2D eigenvalue weighted by molar-refractivity contribution is -0.130. The minimum atomic E-state index is -0.468. The lowest BCUT2D eigenvalue weighted by Crippen LogP contribution is -2.51. The molecule has 0 bridgehead atoms. The van der Waals surface area contributed by atoms with Crippen LogP contribution in [0, 0.1) is 11.6 Å². The van der Waals surface area contributed by atoms with E-state index in [9.17, 15) is 23.2 Å². The van der Waals surface area contributed by atoms with E-state index in [1.165, 1.54) is 37.3 Å². The molecule has 0 aromatic heterocycles. The van der Waals surface area contributed by atoms with Crippen LogP contribution >= 0.6 is 0 Å². The number of nitrogens with zero attached hydrogens (tertiary/aromatic N) is 2. The van der Waals surface area contributed by atoms with E-state index in [1.807, 2.05) is 4.90 Å². The number of hydrogen-bond donors (Lipinski definition) is 1. The normalized spacial score (nSPS) is 13.9. The van der Waals surface area contributed by atoms with Crippen molar-refractivity contribution in [3.63, 3.8) is 0 Å². The first-order chi connectivity index (χ1) is 13.8. The van der Waals surface area contributed by atoms with Gasteiger partial charge < -0.3 is 15.1 Å². The second-order valence-electron chi connectivity index (χ2n) is 6.78. The molecule has 0 radical (unpaired) electrons. The SMILES string of the molecule is CC(=O)c1ccc(N2CCN(C(=O)CNC(=O)c3ccc(F)cc3)CC2)c(F)c1. The minimum Gasteiger partial charge on any atom is -0.366 e. The van der Waals surface area contributed by atoms with Crippen LogP contribution in [-0.4, -0.2) is 55.2 Å². The number of nitrogens with one attached hydrogen (secondary N) is 1. The first-order valence-corrected chi connectivity index (χ1v) is 9.22. The summed E-state index contributed by atoms with van der Waals surface area (Å²) in [6, 6.07) is 9.44. The van der Waals surface area contributed by atoms with Crippen molar-refractivity contribution in [2.45, 2.75) is 6.92 Å². The van der Waals surface area contributed by atoms with Gasteiger partial charge in [-0.15, -0.1) is 0 Å². The number of benzene rings is 2. The lowest BCUT2D eigenvalue weighted by Gasteiger charge is -2.36. The van der Waals surface area contributed by atoms with Gasteiger partial charge in [0.15, 0.2) is 5.78 Å². The van der Waals surface area contributed by atoms with Crippen molar-refractivity contribution in [1.82, 2.24) is 10.2 Å². The van der Waals surface area contributed by atoms with E-state index in [-0.39, 0.29) is 23.8 Å². The van der Waals surface area contributed by atoms with E-state index in [0.717, 1.165) is 0 Å². The van der Waals surface area contributed by atoms with Crippen LogP contribution in [0.5, 0.6) is 0 Å². The summed E-state index contributed by atoms with van der Waals surface area (Å²) < 4.78 is 27.2. The molecule has 1 aliphatic heterocycles. The number of carbonyl (C=O) groups is 3. The Bertz CT molecular complexity index is 923. The molecule has 0 unspecified atom stereocenters. The van der Waals surface area contributed by atoms with Crippen LogP contribution < -0.4 is 10.2 Å². The summed E-state index contributed by atoms with van der Waals surface area (Å²) in [5.41, 5.74) is 0.983. The Balaban J connectivity index is 1.51. The highest BCUT2D eigenvalue weighted by atomic mass is 19.1. The molecule has 0 aliphatic carbocycles. The van der Waals surface area contributed by atoms with Gasteiger partial charge in [0.25, 0.3) is 5.91 Å². The third kappa shape index (κ3) is 4.96. The van der Waals surface area contributed by atoms with Gasteiger partial charge in [0, 0.05) is 37.3 Å². The highest BCUT2D eigenvalue weighted by molar-refractivity contribution is 5.96. The monoisotopic (exact) mass is 401 g/mol. The van der Waals surface area contributed by atoms with Crippen LogP contribution in [0.2, 0.25) is 0 Å². The van der Waals surface area contributed by atoms with Crippen molar-refractivity contribution in [2.75, 3.05) is 37.6 Å². The Labute approximate surface area is 167 Å². The Morgan fingerprint density at radius 2 is 1.55 bits per heavy atom. The molecular weight excluding hydrogens is 380 g/mol. The molecule has 2 amide bonds. The number of hydrogen-bond acceptors (Lipinski definition) is 4. The Hall–Kier alpha value is -3.29. The van der Waals surface area contributed by atoms with Gasteiger partial charge in [-0.25, -0.2) is 8.78 Å². The summed E-state index contributed by atoms with van der Waals surface area (Å²) in [5.74, 6) is -1.81. The van der Waals surface area contributed by atoms with Crippen LogP contribution in [0.15, 0.2) is 42.5 Å². The van der Waals surface area contributed by atoms with Crippen molar-refractivity contribution in [3.05, 3.63) is 65.2 Å². The van der Waals surface area contributed by atoms with Gasteiger partial charge in [0.1, 0.15) is 11.6 Å². The van der Waals surface area contributed by atoms with E-state index in [4.69, 9.17) is 0 Å². The quantitative estimate of drug-likeness (QED) is 0.781. The molecule has 1 saturated heterocycles. The molecule has 8 heteroatoms. The zero-order valence-electron chi connectivity index (χ0n) is 16.0. The number of amides is 2. The fourth-order valence-corrected chi connectivity index (χ4v) is 3.15. The average Bonchev–Trinajstić information content (AvgIpc) is 2.72. The summed E-state index contributed by atoms with van der Waals surface area (Å²) >= 11 is 0. The maximum Gasteiger partial charge on any atom is 0.251 e. The van der Waals surface area contributed by atoms with Gasteiger partial charge in [-0.2, -0.15) is 0 Å². The molecule has 2 aromatic carbocycles. The summed E-state index contributed by atoms with van der Waals surface area (Å²) in [6.07, 6.45) is 0. The molecule has 1 heterocycles. The van der Waals surface area contributed by atoms with E-state index < -0.39 is 17.5 Å². The number of ketones is 1. The molecule has 29 heavy (non-hydrogen) atoms. The summed E-state index contributed by atoms with van der Waals surface area (Å²) in [7, 11) is 0. The minimum absolute atomic E-state index is 0.169. The third-order valence-electron chi connectivity index (χ3n) is 4.83. The fraction of sp³-hybridized carbons (Fsp3) is 0.286. The lowest BCUT2D eigenvalue weighted by atomic mass is 10.1. The van der Waals surface area contributed by atoms with Gasteiger partial charge >= 0.3 is 0 Å². The average molecular weight is 401 g/mol. The van der Waals surface area contributed by atoms with Crippen molar-refractivity contribution in [2.24, 2.45) is 0 Å². The number of Topliss-reactive ketones (excluding diaryl/α,β-unsaturated/α-hetero) is 1. The second kappa shape index (κ2) is 8.81. The zero-order chi connectivity index (χ0) is 21.0. The maximum atomic E-state index is 14.3. The van der Waals surface area contributed by atoms with Crippen LogP contribution in [0.1, 0.15) is 27.6 Å². The number of piperazine rings is 1. The number of anilines is 1. The molecule has 0 saturated carbocycles. The number of halogens is 2. The highest BCUT2D eigenvalue weighted by Gasteiger charge is 2.23. The summed E-state index contributed by atoms with van der Waals surface area (Å²) in [6.45, 7) is 2.87. The van der Waals surface area contributed by atoms with Gasteiger partial charge in [0.05, 0.1) is 12.2 Å². The van der Waals surface area contributed by atoms with E-state index in [0.29, 0.717) is 37.4 Å². The summed E-state index contributed by atoms with van der Waals surface area (Å²) in [4.78, 5) is 39.1. The molecule has 0 atom stereocenters. The maximum absolute atomic E-state index is 14.3. The van der Waals surface area contributed by atoms with Crippen LogP contribution in [0.3, 0.4) is 0 Å². The van der Waals surface area contributed by atoms with Crippen molar-refractivity contribution in [1.29, 1.82) is 0 Å². The van der Waals surface area contributed by atoms with E-state index >= 15 is 0 Å². The zero-order valence-corrected chi connectivity index (χ0v) is 16.0. The topological polar surface area (TPSA) is 69.7 Å². The largest absolute Gasteiger partial charge is 0.366 e. The first-order valence-electron chi connectivity index (χ1n) is 9.22. The highest BCUT2D eigenvalue weighted by Crippen LogP contribution is 2.22. The van der Waals surface area contributed by atoms with Crippen LogP contribution in [-0.2, 0) is 4.79 Å². The fourth-order valence-electron chi connectivity index (χ4n) is 3.15. The Morgan fingerprint density at radius 3 is 2.14 bits per heavy atom. The van der Waals surface area contributed by atoms with Crippen LogP contribution in [0.25, 0.3) is 0 Å². The number of rotatable bonds is 5. The molecular formula is C21H21F2N3O3. The Kier molecular flexibility index (Phi) is 6.21. The molecule has 6 nitrogen and oxygen atoms in total. The van der Waals surface area contributed by atoms with Crippen LogP contribution in [0.4, 0.5) is 14.5 Å². The molecule has 3 rings (SSSR count). The number of carbonyl (C=O) groups excluding carboxylic acids is 3. The molecule has 1 fully saturated rings. The molecule has 1 N–H and O–H groups in total. The predicted octanol–water partition coefficient (Wildman–Crippen LogP) is 2.25. The predicted molar refractivity (Wildman–Crippen MR) is 104 cm³/mol. The van der Waals surface area contributed by atoms with Crippen molar-refractivity contribution in [3.8, 4) is 0 Å². The van der Waals surface area contributed by atoms with Gasteiger partial charge in [-0.05, 0) is 49.4 Å². The van der Waals surface area contributed by atoms with Crippen molar-refractivity contribution >= 4 is 23.3 Å². The van der Waals surface area contributed by atoms with Gasteiger partial charge in [0.2, 0.25) is 5.91 Å². The standard InChI is InChI=1S/C21H21F2N3O3/c1-14(27)16-4-7-19(18(23)12-16)25-8-10-26(11-9-25)20(28)13-24-21(29)15-2-5-17(22)6-3-15/h2-7,12H,8-11,13H2,1H3,(H,24,29). The van der Waals surface area contributed by atoms with E-state index in [2.05, 4.69) is 5.32 Å². The Morgan fingerprint density at radius 1 is 0.931 bits per heavy atom. The second-order valence-corrected chi connectivity index (χ2v) is 6.78. The molecule has 2 aromatic rings. The summed E-state index contributed by atoms with van der Waals surface area (Å²) in [5, 5.41) is 2.53. The van der Waals surface area contributed by atoms with Gasteiger partial charge in [-0.3, -0.25) is 14.4 Å². The van der Waals surface area contributed by atoms with E-state index in [1.54, 1.807) is 17.0 Å². The smallest absolute Gasteiger partial charge is 0.251 e. The molecule has 0 spiro atoms. The van der Waals surface area contributed by atoms with Gasteiger partial charge in [-0.1, -0.05) is 0 Å². The van der Waals surface area contributed by atoms with Crippen molar-refractivity contribution < 1.29 is 23.2 Å². The first kappa shape index (κ1) is 20.4. The third-order valence-corrected chi connectivity index (χ3v) is 4.83.